The van der Waals surface area contributed by atoms with Gasteiger partial charge >= 0.3 is 0 Å². The normalized spacial score (nSPS) is 12.1. The Hall–Kier alpha value is -1.15. The van der Waals surface area contributed by atoms with Crippen molar-refractivity contribution in [2.45, 2.75) is 46.0 Å². The molecule has 0 bridgehead atoms. The first-order valence-electron chi connectivity index (χ1n) is 6.44. The zero-order valence-electron chi connectivity index (χ0n) is 11.8. The molecule has 0 aliphatic rings. The van der Waals surface area contributed by atoms with E-state index in [0.29, 0.717) is 5.92 Å². The first-order chi connectivity index (χ1) is 8.38. The monoisotopic (exact) mass is 259 g/mol. The van der Waals surface area contributed by atoms with Gasteiger partial charge in [0, 0.05) is 16.9 Å². The Bertz CT molecular complexity index is 515. The van der Waals surface area contributed by atoms with Crippen LogP contribution in [0.3, 0.4) is 0 Å². The maximum atomic E-state index is 4.69. The Morgan fingerprint density at radius 3 is 2.11 bits per heavy atom. The van der Waals surface area contributed by atoms with Crippen LogP contribution >= 0.6 is 11.3 Å². The third kappa shape index (κ3) is 2.81. The largest absolute Gasteiger partial charge is 0.241 e. The van der Waals surface area contributed by atoms with Crippen LogP contribution in [0.15, 0.2) is 29.6 Å². The van der Waals surface area contributed by atoms with Crippen LogP contribution in [0, 0.1) is 0 Å². The summed E-state index contributed by atoms with van der Waals surface area (Å²) in [5.41, 5.74) is 3.89. The molecule has 2 rings (SSSR count). The van der Waals surface area contributed by atoms with Crippen LogP contribution in [0.4, 0.5) is 0 Å². The van der Waals surface area contributed by atoms with Crippen molar-refractivity contribution in [3.8, 4) is 11.3 Å². The Labute approximate surface area is 114 Å². The fourth-order valence-electron chi connectivity index (χ4n) is 1.83. The molecule has 1 aromatic heterocycles. The maximum Gasteiger partial charge on any atom is 0.0958 e. The number of hydrogen-bond acceptors (Lipinski definition) is 2. The molecule has 2 aromatic rings. The van der Waals surface area contributed by atoms with Crippen LogP contribution in [-0.2, 0) is 5.41 Å². The summed E-state index contributed by atoms with van der Waals surface area (Å²) in [5.74, 6) is 0.512. The van der Waals surface area contributed by atoms with Crippen molar-refractivity contribution >= 4 is 11.3 Å². The summed E-state index contributed by atoms with van der Waals surface area (Å²) >= 11 is 1.75. The van der Waals surface area contributed by atoms with E-state index < -0.39 is 0 Å². The average Bonchev–Trinajstić information content (AvgIpc) is 2.77. The second-order valence-electron chi connectivity index (χ2n) is 6.05. The minimum absolute atomic E-state index is 0.212. The molecule has 0 amide bonds. The Morgan fingerprint density at radius 1 is 1.06 bits per heavy atom. The predicted octanol–water partition coefficient (Wildman–Crippen LogP) is 5.23. The molecule has 2 heteroatoms. The number of thiazole rings is 1. The first-order valence-corrected chi connectivity index (χ1v) is 7.32. The van der Waals surface area contributed by atoms with Crippen molar-refractivity contribution in [2.24, 2.45) is 0 Å². The summed E-state index contributed by atoms with van der Waals surface area (Å²) in [6.45, 7) is 11.1. The maximum absolute atomic E-state index is 4.69. The van der Waals surface area contributed by atoms with E-state index in [9.17, 15) is 0 Å². The lowest BCUT2D eigenvalue weighted by atomic mass is 9.86. The standard InChI is InChI=1S/C16H21NS/c1-11(2)15-17-14(10-18-15)12-6-8-13(9-7-12)16(3,4)5/h6-11H,1-5H3. The van der Waals surface area contributed by atoms with Crippen LogP contribution < -0.4 is 0 Å². The van der Waals surface area contributed by atoms with Gasteiger partial charge in [0.1, 0.15) is 0 Å². The molecule has 1 nitrogen and oxygen atoms in total. The van der Waals surface area contributed by atoms with Crippen LogP contribution in [0.5, 0.6) is 0 Å². The molecule has 0 fully saturated rings. The summed E-state index contributed by atoms with van der Waals surface area (Å²) in [5, 5.41) is 3.37. The molecule has 0 spiro atoms. The van der Waals surface area contributed by atoms with E-state index in [2.05, 4.69) is 64.3 Å². The minimum Gasteiger partial charge on any atom is -0.241 e. The number of rotatable bonds is 2. The van der Waals surface area contributed by atoms with Crippen LogP contribution in [0.25, 0.3) is 11.3 Å². The lowest BCUT2D eigenvalue weighted by molar-refractivity contribution is 0.590. The van der Waals surface area contributed by atoms with E-state index in [4.69, 9.17) is 4.98 Å². The topological polar surface area (TPSA) is 12.9 Å². The Morgan fingerprint density at radius 2 is 1.67 bits per heavy atom. The minimum atomic E-state index is 0.212. The van der Waals surface area contributed by atoms with Gasteiger partial charge in [-0.2, -0.15) is 0 Å². The molecule has 0 saturated carbocycles. The zero-order chi connectivity index (χ0) is 13.3. The summed E-state index contributed by atoms with van der Waals surface area (Å²) in [4.78, 5) is 4.69. The number of aromatic nitrogens is 1. The fourth-order valence-corrected chi connectivity index (χ4v) is 2.67. The van der Waals surface area contributed by atoms with Crippen LogP contribution in [0.2, 0.25) is 0 Å². The molecule has 0 aliphatic heterocycles. The molecule has 96 valence electrons. The highest BCUT2D eigenvalue weighted by atomic mass is 32.1. The molecule has 0 N–H and O–H groups in total. The third-order valence-corrected chi connectivity index (χ3v) is 4.21. The zero-order valence-corrected chi connectivity index (χ0v) is 12.6. The molecule has 1 aromatic carbocycles. The lowest BCUT2D eigenvalue weighted by Gasteiger charge is -2.18. The van der Waals surface area contributed by atoms with Crippen molar-refractivity contribution in [3.63, 3.8) is 0 Å². The van der Waals surface area contributed by atoms with Gasteiger partial charge in [0.15, 0.2) is 0 Å². The van der Waals surface area contributed by atoms with Gasteiger partial charge in [-0.1, -0.05) is 58.9 Å². The molecule has 1 heterocycles. The molecular formula is C16H21NS. The highest BCUT2D eigenvalue weighted by Gasteiger charge is 2.13. The molecule has 0 radical (unpaired) electrons. The van der Waals surface area contributed by atoms with Gasteiger partial charge in [-0.15, -0.1) is 11.3 Å². The molecule has 0 unspecified atom stereocenters. The summed E-state index contributed by atoms with van der Waals surface area (Å²) in [6.07, 6.45) is 0. The number of benzene rings is 1. The van der Waals surface area contributed by atoms with Crippen molar-refractivity contribution < 1.29 is 0 Å². The summed E-state index contributed by atoms with van der Waals surface area (Å²) in [6, 6.07) is 8.78. The van der Waals surface area contributed by atoms with E-state index in [1.54, 1.807) is 11.3 Å². The van der Waals surface area contributed by atoms with Crippen molar-refractivity contribution in [1.29, 1.82) is 0 Å². The van der Waals surface area contributed by atoms with Crippen molar-refractivity contribution in [1.82, 2.24) is 4.98 Å². The van der Waals surface area contributed by atoms with E-state index in [1.807, 2.05) is 0 Å². The SMILES string of the molecule is CC(C)c1nc(-c2ccc(C(C)(C)C)cc2)cs1. The van der Waals surface area contributed by atoms with Gasteiger partial charge in [-0.3, -0.25) is 0 Å². The average molecular weight is 259 g/mol. The molecule has 0 atom stereocenters. The van der Waals surface area contributed by atoms with E-state index >= 15 is 0 Å². The molecular weight excluding hydrogens is 238 g/mol. The van der Waals surface area contributed by atoms with E-state index in [1.165, 1.54) is 16.1 Å². The second-order valence-corrected chi connectivity index (χ2v) is 6.94. The smallest absolute Gasteiger partial charge is 0.0958 e. The quantitative estimate of drug-likeness (QED) is 0.719. The number of hydrogen-bond donors (Lipinski definition) is 0. The van der Waals surface area contributed by atoms with Gasteiger partial charge in [0.2, 0.25) is 0 Å². The predicted molar refractivity (Wildman–Crippen MR) is 80.3 cm³/mol. The third-order valence-electron chi connectivity index (χ3n) is 3.06. The number of nitrogens with zero attached hydrogens (tertiary/aromatic N) is 1. The Balaban J connectivity index is 2.29. The summed E-state index contributed by atoms with van der Waals surface area (Å²) < 4.78 is 0. The second kappa shape index (κ2) is 4.85. The molecule has 0 aliphatic carbocycles. The van der Waals surface area contributed by atoms with Gasteiger partial charge in [-0.05, 0) is 11.0 Å². The van der Waals surface area contributed by atoms with Gasteiger partial charge in [0.05, 0.1) is 10.7 Å². The first kappa shape index (κ1) is 13.3. The van der Waals surface area contributed by atoms with Crippen molar-refractivity contribution in [3.05, 3.63) is 40.2 Å². The van der Waals surface area contributed by atoms with E-state index in [-0.39, 0.29) is 5.41 Å². The molecule has 18 heavy (non-hydrogen) atoms. The highest BCUT2D eigenvalue weighted by molar-refractivity contribution is 7.10. The van der Waals surface area contributed by atoms with Crippen LogP contribution in [-0.4, -0.2) is 4.98 Å². The van der Waals surface area contributed by atoms with Crippen molar-refractivity contribution in [2.75, 3.05) is 0 Å². The summed E-state index contributed by atoms with van der Waals surface area (Å²) in [7, 11) is 0. The molecule has 0 saturated heterocycles. The van der Waals surface area contributed by atoms with Crippen LogP contribution in [0.1, 0.15) is 51.1 Å². The van der Waals surface area contributed by atoms with Gasteiger partial charge in [-0.25, -0.2) is 4.98 Å². The van der Waals surface area contributed by atoms with Gasteiger partial charge in [0.25, 0.3) is 0 Å². The highest BCUT2D eigenvalue weighted by Crippen LogP contribution is 2.28. The Kier molecular flexibility index (Phi) is 3.58. The van der Waals surface area contributed by atoms with Gasteiger partial charge < -0.3 is 0 Å². The lowest BCUT2D eigenvalue weighted by Crippen LogP contribution is -2.10. The fraction of sp³-hybridized carbons (Fsp3) is 0.438. The van der Waals surface area contributed by atoms with E-state index in [0.717, 1.165) is 5.69 Å².